The second-order valence-electron chi connectivity index (χ2n) is 3.95. The fourth-order valence-electron chi connectivity index (χ4n) is 1.44. The second-order valence-corrected chi connectivity index (χ2v) is 3.95. The van der Waals surface area contributed by atoms with E-state index in [4.69, 9.17) is 4.74 Å². The minimum absolute atomic E-state index is 0.277. The van der Waals surface area contributed by atoms with E-state index in [0.29, 0.717) is 12.3 Å². The summed E-state index contributed by atoms with van der Waals surface area (Å²) in [6, 6.07) is 9.67. The number of allylic oxidation sites excluding steroid dienone is 1. The van der Waals surface area contributed by atoms with Crippen LogP contribution in [0.15, 0.2) is 42.1 Å². The fourth-order valence-corrected chi connectivity index (χ4v) is 1.44. The Morgan fingerprint density at radius 3 is 2.47 bits per heavy atom. The van der Waals surface area contributed by atoms with Gasteiger partial charge < -0.3 is 9.64 Å². The van der Waals surface area contributed by atoms with Crippen LogP contribution in [0.1, 0.15) is 18.9 Å². The van der Waals surface area contributed by atoms with Crippen molar-refractivity contribution in [3.63, 3.8) is 0 Å². The zero-order valence-corrected chi connectivity index (χ0v) is 10.6. The number of carbonyl (C=O) groups is 1. The van der Waals surface area contributed by atoms with Gasteiger partial charge in [-0.3, -0.25) is 0 Å². The van der Waals surface area contributed by atoms with Crippen LogP contribution in [-0.2, 0) is 16.1 Å². The molecule has 17 heavy (non-hydrogen) atoms. The molecule has 0 aliphatic rings. The summed E-state index contributed by atoms with van der Waals surface area (Å²) in [5.41, 5.74) is 1.60. The van der Waals surface area contributed by atoms with Gasteiger partial charge in [0.15, 0.2) is 0 Å². The molecule has 0 amide bonds. The lowest BCUT2D eigenvalue weighted by atomic mass is 10.2. The number of likely N-dealkylation sites (N-methyl/N-ethyl adjacent to an activating group) is 1. The molecule has 0 saturated carbocycles. The van der Waals surface area contributed by atoms with Crippen LogP contribution < -0.4 is 0 Å². The highest BCUT2D eigenvalue weighted by atomic mass is 16.5. The van der Waals surface area contributed by atoms with E-state index in [-0.39, 0.29) is 5.97 Å². The average Bonchev–Trinajstić information content (AvgIpc) is 2.34. The lowest BCUT2D eigenvalue weighted by Crippen LogP contribution is -2.21. The van der Waals surface area contributed by atoms with E-state index < -0.39 is 0 Å². The van der Waals surface area contributed by atoms with Gasteiger partial charge in [-0.1, -0.05) is 43.3 Å². The number of esters is 1. The molecule has 0 fully saturated rings. The Labute approximate surface area is 103 Å². The summed E-state index contributed by atoms with van der Waals surface area (Å²) < 4.78 is 5.26. The molecule has 0 aliphatic heterocycles. The Morgan fingerprint density at radius 1 is 1.29 bits per heavy atom. The first kappa shape index (κ1) is 13.3. The molecule has 3 nitrogen and oxygen atoms in total. The van der Waals surface area contributed by atoms with Crippen LogP contribution >= 0.6 is 0 Å². The SMILES string of the molecule is CC/C=C(\C(=O)OCc1ccccc1)N(C)C. The molecule has 0 aliphatic carbocycles. The smallest absolute Gasteiger partial charge is 0.354 e. The van der Waals surface area contributed by atoms with Crippen LogP contribution in [0.2, 0.25) is 0 Å². The van der Waals surface area contributed by atoms with Crippen molar-refractivity contribution < 1.29 is 9.53 Å². The zero-order valence-electron chi connectivity index (χ0n) is 10.6. The van der Waals surface area contributed by atoms with Gasteiger partial charge in [0.25, 0.3) is 0 Å². The quantitative estimate of drug-likeness (QED) is 0.578. The maximum absolute atomic E-state index is 11.8. The molecule has 0 atom stereocenters. The number of hydrogen-bond acceptors (Lipinski definition) is 3. The van der Waals surface area contributed by atoms with Crippen LogP contribution in [-0.4, -0.2) is 25.0 Å². The van der Waals surface area contributed by atoms with Crippen LogP contribution in [0.4, 0.5) is 0 Å². The van der Waals surface area contributed by atoms with Gasteiger partial charge in [-0.25, -0.2) is 4.79 Å². The molecule has 1 rings (SSSR count). The summed E-state index contributed by atoms with van der Waals surface area (Å²) in [6.45, 7) is 2.31. The Balaban J connectivity index is 2.57. The van der Waals surface area contributed by atoms with E-state index in [1.54, 1.807) is 4.90 Å². The first-order chi connectivity index (χ1) is 8.15. The van der Waals surface area contributed by atoms with Gasteiger partial charge >= 0.3 is 5.97 Å². The van der Waals surface area contributed by atoms with Crippen molar-refractivity contribution in [2.75, 3.05) is 14.1 Å². The third-order valence-corrected chi connectivity index (χ3v) is 2.30. The van der Waals surface area contributed by atoms with Crippen molar-refractivity contribution in [1.29, 1.82) is 0 Å². The van der Waals surface area contributed by atoms with Crippen molar-refractivity contribution in [2.24, 2.45) is 0 Å². The fraction of sp³-hybridized carbons (Fsp3) is 0.357. The molecule has 92 valence electrons. The van der Waals surface area contributed by atoms with Gasteiger partial charge in [0.05, 0.1) is 0 Å². The van der Waals surface area contributed by atoms with E-state index >= 15 is 0 Å². The van der Waals surface area contributed by atoms with Gasteiger partial charge in [-0.15, -0.1) is 0 Å². The van der Waals surface area contributed by atoms with Crippen molar-refractivity contribution in [3.05, 3.63) is 47.7 Å². The summed E-state index contributed by atoms with van der Waals surface area (Å²) in [5.74, 6) is -0.277. The van der Waals surface area contributed by atoms with Crippen molar-refractivity contribution in [1.82, 2.24) is 4.90 Å². The molecule has 0 bridgehead atoms. The molecule has 0 heterocycles. The normalized spacial score (nSPS) is 11.1. The molecule has 0 spiro atoms. The molecule has 3 heteroatoms. The summed E-state index contributed by atoms with van der Waals surface area (Å²) in [6.07, 6.45) is 2.68. The maximum atomic E-state index is 11.8. The van der Waals surface area contributed by atoms with Gasteiger partial charge in [0.2, 0.25) is 0 Å². The highest BCUT2D eigenvalue weighted by molar-refractivity contribution is 5.87. The number of nitrogens with zero attached hydrogens (tertiary/aromatic N) is 1. The van der Waals surface area contributed by atoms with Gasteiger partial charge in [-0.05, 0) is 12.0 Å². The molecular weight excluding hydrogens is 214 g/mol. The monoisotopic (exact) mass is 233 g/mol. The highest BCUT2D eigenvalue weighted by Gasteiger charge is 2.12. The van der Waals surface area contributed by atoms with E-state index in [2.05, 4.69) is 0 Å². The summed E-state index contributed by atoms with van der Waals surface area (Å²) in [5, 5.41) is 0. The lowest BCUT2D eigenvalue weighted by Gasteiger charge is -2.15. The van der Waals surface area contributed by atoms with Crippen LogP contribution in [0.25, 0.3) is 0 Å². The summed E-state index contributed by atoms with van der Waals surface area (Å²) in [4.78, 5) is 13.6. The largest absolute Gasteiger partial charge is 0.456 e. The lowest BCUT2D eigenvalue weighted by molar-refractivity contribution is -0.141. The van der Waals surface area contributed by atoms with Gasteiger partial charge in [-0.2, -0.15) is 0 Å². The molecule has 1 aromatic rings. The molecule has 1 aromatic carbocycles. The van der Waals surface area contributed by atoms with Gasteiger partial charge in [0.1, 0.15) is 12.3 Å². The molecule has 0 aromatic heterocycles. The van der Waals surface area contributed by atoms with Crippen molar-refractivity contribution in [2.45, 2.75) is 20.0 Å². The van der Waals surface area contributed by atoms with Crippen LogP contribution in [0.3, 0.4) is 0 Å². The minimum atomic E-state index is -0.277. The number of hydrogen-bond donors (Lipinski definition) is 0. The first-order valence-corrected chi connectivity index (χ1v) is 5.73. The molecule has 0 N–H and O–H groups in total. The minimum Gasteiger partial charge on any atom is -0.456 e. The van der Waals surface area contributed by atoms with E-state index in [1.165, 1.54) is 0 Å². The van der Waals surface area contributed by atoms with Crippen LogP contribution in [0, 0.1) is 0 Å². The predicted octanol–water partition coefficient (Wildman–Crippen LogP) is 2.59. The van der Waals surface area contributed by atoms with Crippen LogP contribution in [0.5, 0.6) is 0 Å². The summed E-state index contributed by atoms with van der Waals surface area (Å²) >= 11 is 0. The van der Waals surface area contributed by atoms with Crippen molar-refractivity contribution in [3.8, 4) is 0 Å². The number of benzene rings is 1. The predicted molar refractivity (Wildman–Crippen MR) is 68.3 cm³/mol. The average molecular weight is 233 g/mol. The Kier molecular flexibility index (Phi) is 5.27. The Bertz CT molecular complexity index is 382. The molecule has 0 saturated heterocycles. The van der Waals surface area contributed by atoms with Gasteiger partial charge in [0, 0.05) is 14.1 Å². The second kappa shape index (κ2) is 6.74. The summed E-state index contributed by atoms with van der Waals surface area (Å²) in [7, 11) is 3.68. The van der Waals surface area contributed by atoms with E-state index in [1.807, 2.05) is 57.4 Å². The van der Waals surface area contributed by atoms with Crippen molar-refractivity contribution >= 4 is 5.97 Å². The third kappa shape index (κ3) is 4.31. The maximum Gasteiger partial charge on any atom is 0.354 e. The molecule has 0 radical (unpaired) electrons. The van der Waals surface area contributed by atoms with E-state index in [9.17, 15) is 4.79 Å². The zero-order chi connectivity index (χ0) is 12.7. The third-order valence-electron chi connectivity index (χ3n) is 2.30. The Hall–Kier alpha value is -1.77. The number of ether oxygens (including phenoxy) is 1. The topological polar surface area (TPSA) is 29.5 Å². The standard InChI is InChI=1S/C14H19NO2/c1-4-8-13(15(2)3)14(16)17-11-12-9-6-5-7-10-12/h5-10H,4,11H2,1-3H3/b13-8+. The Morgan fingerprint density at radius 2 is 1.94 bits per heavy atom. The molecular formula is C14H19NO2. The number of rotatable bonds is 5. The highest BCUT2D eigenvalue weighted by Crippen LogP contribution is 2.07. The first-order valence-electron chi connectivity index (χ1n) is 5.73. The molecule has 0 unspecified atom stereocenters. The van der Waals surface area contributed by atoms with E-state index in [0.717, 1.165) is 12.0 Å². The number of carbonyl (C=O) groups excluding carboxylic acids is 1.